The second-order valence-corrected chi connectivity index (χ2v) is 5.52. The molecule has 0 aliphatic carbocycles. The summed E-state index contributed by atoms with van der Waals surface area (Å²) in [4.78, 5) is 12.6. The minimum Gasteiger partial charge on any atom is -0.478 e. The summed E-state index contributed by atoms with van der Waals surface area (Å²) in [6.07, 6.45) is 7.12. The molecule has 6 nitrogen and oxygen atoms in total. The molecular weight excluding hydrogens is 276 g/mol. The lowest BCUT2D eigenvalue weighted by atomic mass is 10.1. The lowest BCUT2D eigenvalue weighted by Gasteiger charge is -1.98. The predicted molar refractivity (Wildman–Crippen MR) is 77.4 cm³/mol. The van der Waals surface area contributed by atoms with Crippen molar-refractivity contribution in [2.24, 2.45) is 0 Å². The molecule has 0 atom stereocenters. The third-order valence-electron chi connectivity index (χ3n) is 2.81. The first-order valence-electron chi connectivity index (χ1n) is 6.48. The monoisotopic (exact) mass is 292 g/mol. The molecule has 0 saturated heterocycles. The molecule has 0 aromatic carbocycles. The predicted octanol–water partition coefficient (Wildman–Crippen LogP) is 2.76. The zero-order chi connectivity index (χ0) is 14.4. The van der Waals surface area contributed by atoms with E-state index >= 15 is 0 Å². The Morgan fingerprint density at radius 1 is 1.50 bits per heavy atom. The molecule has 0 unspecified atom stereocenters. The van der Waals surface area contributed by atoms with Gasteiger partial charge in [0.05, 0.1) is 0 Å². The molecule has 0 aliphatic heterocycles. The van der Waals surface area contributed by atoms with Gasteiger partial charge in [0.15, 0.2) is 0 Å². The lowest BCUT2D eigenvalue weighted by Crippen LogP contribution is -1.86. The first-order valence-corrected chi connectivity index (χ1v) is 7.30. The molecule has 0 amide bonds. The summed E-state index contributed by atoms with van der Waals surface area (Å²) in [7, 11) is 0. The fraction of sp³-hybridized carbons (Fsp3) is 0.385. The summed E-state index contributed by atoms with van der Waals surface area (Å²) in [5, 5.41) is 22.7. The lowest BCUT2D eigenvalue weighted by molar-refractivity contribution is -0.131. The van der Waals surface area contributed by atoms with Crippen molar-refractivity contribution in [3.8, 4) is 11.4 Å². The van der Waals surface area contributed by atoms with Gasteiger partial charge in [-0.2, -0.15) is 5.21 Å². The number of carboxylic acid groups (broad SMARTS) is 1. The summed E-state index contributed by atoms with van der Waals surface area (Å²) < 4.78 is 0. The number of aromatic amines is 1. The van der Waals surface area contributed by atoms with Crippen LogP contribution >= 0.6 is 11.3 Å². The van der Waals surface area contributed by atoms with Crippen LogP contribution in [0.2, 0.25) is 0 Å². The van der Waals surface area contributed by atoms with Crippen molar-refractivity contribution in [2.45, 2.75) is 32.6 Å². The van der Waals surface area contributed by atoms with Crippen molar-refractivity contribution in [3.63, 3.8) is 0 Å². The van der Waals surface area contributed by atoms with Gasteiger partial charge in [0.2, 0.25) is 5.82 Å². The average molecular weight is 292 g/mol. The molecule has 0 bridgehead atoms. The molecule has 106 valence electrons. The van der Waals surface area contributed by atoms with Crippen molar-refractivity contribution < 1.29 is 9.90 Å². The Morgan fingerprint density at radius 3 is 3.00 bits per heavy atom. The number of nitrogens with one attached hydrogen (secondary N) is 1. The van der Waals surface area contributed by atoms with E-state index in [0.717, 1.165) is 35.8 Å². The highest BCUT2D eigenvalue weighted by Crippen LogP contribution is 2.31. The van der Waals surface area contributed by atoms with Crippen molar-refractivity contribution in [1.82, 2.24) is 20.6 Å². The van der Waals surface area contributed by atoms with Gasteiger partial charge >= 0.3 is 5.97 Å². The number of rotatable bonds is 7. The number of carbonyl (C=O) groups is 1. The largest absolute Gasteiger partial charge is 0.478 e. The minimum atomic E-state index is -0.952. The second-order valence-electron chi connectivity index (χ2n) is 4.35. The maximum atomic E-state index is 10.6. The number of H-pyrrole nitrogens is 1. The normalized spacial score (nSPS) is 11.2. The number of hydrogen-bond donors (Lipinski definition) is 2. The molecule has 2 aromatic heterocycles. The van der Waals surface area contributed by atoms with Gasteiger partial charge < -0.3 is 5.11 Å². The van der Waals surface area contributed by atoms with Gasteiger partial charge in [-0.05, 0) is 30.2 Å². The quantitative estimate of drug-likeness (QED) is 0.604. The maximum absolute atomic E-state index is 10.6. The number of unbranched alkanes of at least 4 members (excludes halogenated alkanes) is 2. The van der Waals surface area contributed by atoms with Gasteiger partial charge in [0.25, 0.3) is 0 Å². The van der Waals surface area contributed by atoms with Crippen LogP contribution in [-0.2, 0) is 11.2 Å². The van der Waals surface area contributed by atoms with E-state index in [4.69, 9.17) is 5.11 Å². The zero-order valence-corrected chi connectivity index (χ0v) is 12.0. The molecule has 0 aliphatic rings. The van der Waals surface area contributed by atoms with Crippen molar-refractivity contribution in [2.75, 3.05) is 0 Å². The van der Waals surface area contributed by atoms with E-state index in [-0.39, 0.29) is 0 Å². The molecule has 0 radical (unpaired) electrons. The SMILES string of the molecule is CCCCCc1sc(/C=C/C(=O)O)cc1-c1nn[nH]n1. The first kappa shape index (κ1) is 14.4. The summed E-state index contributed by atoms with van der Waals surface area (Å²) in [6, 6.07) is 1.91. The fourth-order valence-corrected chi connectivity index (χ4v) is 2.98. The van der Waals surface area contributed by atoms with Crippen LogP contribution < -0.4 is 0 Å². The van der Waals surface area contributed by atoms with Crippen LogP contribution in [0.5, 0.6) is 0 Å². The maximum Gasteiger partial charge on any atom is 0.328 e. The Kier molecular flexibility index (Phi) is 5.00. The molecule has 0 fully saturated rings. The summed E-state index contributed by atoms with van der Waals surface area (Å²) in [5.74, 6) is -0.394. The number of tetrazole rings is 1. The van der Waals surface area contributed by atoms with E-state index in [1.165, 1.54) is 11.3 Å². The van der Waals surface area contributed by atoms with Gasteiger partial charge in [-0.1, -0.05) is 19.8 Å². The highest BCUT2D eigenvalue weighted by molar-refractivity contribution is 7.13. The zero-order valence-electron chi connectivity index (χ0n) is 11.2. The van der Waals surface area contributed by atoms with Crippen LogP contribution in [0.3, 0.4) is 0 Å². The van der Waals surface area contributed by atoms with Crippen LogP contribution in [0.15, 0.2) is 12.1 Å². The number of thiophene rings is 1. The molecule has 2 N–H and O–H groups in total. The average Bonchev–Trinajstić information content (AvgIpc) is 3.05. The first-order chi connectivity index (χ1) is 9.70. The topological polar surface area (TPSA) is 91.8 Å². The standard InChI is InChI=1S/C13H16N4O2S/c1-2-3-4-5-11-10(13-14-16-17-15-13)8-9(20-11)6-7-12(18)19/h6-8H,2-5H2,1H3,(H,18,19)(H,14,15,16,17)/b7-6+. The number of aromatic nitrogens is 4. The van der Waals surface area contributed by atoms with E-state index in [1.54, 1.807) is 17.4 Å². The molecule has 7 heteroatoms. The summed E-state index contributed by atoms with van der Waals surface area (Å²) in [5.41, 5.74) is 0.935. The Bertz CT molecular complexity index is 590. The Morgan fingerprint density at radius 2 is 2.35 bits per heavy atom. The van der Waals surface area contributed by atoms with Crippen LogP contribution in [0, 0.1) is 0 Å². The van der Waals surface area contributed by atoms with Crippen LogP contribution in [0.1, 0.15) is 35.9 Å². The van der Waals surface area contributed by atoms with E-state index < -0.39 is 5.97 Å². The number of carboxylic acids is 1. The molecule has 0 spiro atoms. The number of hydrogen-bond acceptors (Lipinski definition) is 5. The highest BCUT2D eigenvalue weighted by atomic mass is 32.1. The van der Waals surface area contributed by atoms with Crippen molar-refractivity contribution in [3.05, 3.63) is 21.9 Å². The number of aliphatic carboxylic acids is 1. The molecule has 20 heavy (non-hydrogen) atoms. The number of nitrogens with zero attached hydrogens (tertiary/aromatic N) is 3. The molecule has 2 aromatic rings. The Balaban J connectivity index is 2.25. The van der Waals surface area contributed by atoms with Crippen LogP contribution in [0.25, 0.3) is 17.5 Å². The molecule has 2 rings (SSSR count). The van der Waals surface area contributed by atoms with Gasteiger partial charge in [-0.3, -0.25) is 0 Å². The van der Waals surface area contributed by atoms with Gasteiger partial charge in [0.1, 0.15) is 0 Å². The van der Waals surface area contributed by atoms with E-state index in [2.05, 4.69) is 27.5 Å². The summed E-state index contributed by atoms with van der Waals surface area (Å²) in [6.45, 7) is 2.16. The van der Waals surface area contributed by atoms with E-state index in [1.807, 2.05) is 6.07 Å². The van der Waals surface area contributed by atoms with Crippen LogP contribution in [0.4, 0.5) is 0 Å². The summed E-state index contributed by atoms with van der Waals surface area (Å²) >= 11 is 1.58. The van der Waals surface area contributed by atoms with Gasteiger partial charge in [-0.25, -0.2) is 4.79 Å². The minimum absolute atomic E-state index is 0.558. The Labute approximate surface area is 120 Å². The molecule has 2 heterocycles. The molecular formula is C13H16N4O2S. The third-order valence-corrected chi connectivity index (χ3v) is 3.97. The van der Waals surface area contributed by atoms with Crippen molar-refractivity contribution >= 4 is 23.4 Å². The molecule has 0 saturated carbocycles. The number of aryl methyl sites for hydroxylation is 1. The smallest absolute Gasteiger partial charge is 0.328 e. The van der Waals surface area contributed by atoms with Crippen molar-refractivity contribution in [1.29, 1.82) is 0 Å². The second kappa shape index (κ2) is 6.95. The third kappa shape index (κ3) is 3.74. The van der Waals surface area contributed by atoms with E-state index in [0.29, 0.717) is 5.82 Å². The van der Waals surface area contributed by atoms with Crippen LogP contribution in [-0.4, -0.2) is 31.7 Å². The highest BCUT2D eigenvalue weighted by Gasteiger charge is 2.13. The fourth-order valence-electron chi connectivity index (χ4n) is 1.87. The van der Waals surface area contributed by atoms with Gasteiger partial charge in [-0.15, -0.1) is 21.5 Å². The Hall–Kier alpha value is -2.02. The van der Waals surface area contributed by atoms with Gasteiger partial charge in [0, 0.05) is 21.4 Å². The van der Waals surface area contributed by atoms with E-state index in [9.17, 15) is 4.79 Å².